The molecule has 1 aliphatic rings. The molecule has 4 nitrogen and oxygen atoms in total. The van der Waals surface area contributed by atoms with Crippen molar-refractivity contribution >= 4 is 11.9 Å². The van der Waals surface area contributed by atoms with E-state index in [9.17, 15) is 14.0 Å². The number of ether oxygens (including phenoxy) is 1. The van der Waals surface area contributed by atoms with E-state index in [1.807, 2.05) is 0 Å². The molecule has 1 aliphatic heterocycles. The van der Waals surface area contributed by atoms with E-state index >= 15 is 0 Å². The lowest BCUT2D eigenvalue weighted by Crippen LogP contribution is -2.18. The highest BCUT2D eigenvalue weighted by atomic mass is 19.1. The second-order valence-electron chi connectivity index (χ2n) is 4.43. The number of aryl methyl sites for hydroxylation is 1. The third-order valence-electron chi connectivity index (χ3n) is 2.93. The van der Waals surface area contributed by atoms with E-state index in [0.29, 0.717) is 18.5 Å². The zero-order valence-corrected chi connectivity index (χ0v) is 10.0. The number of benzene rings is 1. The predicted molar refractivity (Wildman–Crippen MR) is 62.5 cm³/mol. The molecular weight excluding hydrogens is 237 g/mol. The second-order valence-corrected chi connectivity index (χ2v) is 4.43. The van der Waals surface area contributed by atoms with E-state index in [1.54, 1.807) is 6.92 Å². The monoisotopic (exact) mass is 251 g/mol. The van der Waals surface area contributed by atoms with Crippen LogP contribution >= 0.6 is 0 Å². The summed E-state index contributed by atoms with van der Waals surface area (Å²) in [7, 11) is 0. The number of esters is 1. The molecule has 1 aromatic carbocycles. The molecule has 0 radical (unpaired) electrons. The Morgan fingerprint density at radius 3 is 3.00 bits per heavy atom. The summed E-state index contributed by atoms with van der Waals surface area (Å²) in [5.74, 6) is -1.04. The van der Waals surface area contributed by atoms with Crippen LogP contribution < -0.4 is 5.32 Å². The first kappa shape index (κ1) is 12.5. The van der Waals surface area contributed by atoms with Crippen LogP contribution in [0.25, 0.3) is 0 Å². The van der Waals surface area contributed by atoms with Crippen LogP contribution in [-0.2, 0) is 9.53 Å². The minimum Gasteiger partial charge on any atom is -0.462 e. The highest BCUT2D eigenvalue weighted by molar-refractivity contribution is 5.91. The standard InChI is InChI=1S/C13H14FNO3/c1-8-2-3-10(14)5-11(8)13(17)18-7-9-4-12(16)15-6-9/h2-3,5,9H,4,6-7H2,1H3,(H,15,16)/t9-/m0/s1. The third-order valence-corrected chi connectivity index (χ3v) is 2.93. The van der Waals surface area contributed by atoms with Crippen LogP contribution in [0.3, 0.4) is 0 Å². The number of amides is 1. The maximum absolute atomic E-state index is 13.0. The molecule has 0 saturated carbocycles. The van der Waals surface area contributed by atoms with Crippen LogP contribution in [0.15, 0.2) is 18.2 Å². The van der Waals surface area contributed by atoms with Gasteiger partial charge in [-0.05, 0) is 24.6 Å². The first-order valence-electron chi connectivity index (χ1n) is 5.76. The van der Waals surface area contributed by atoms with Crippen LogP contribution in [0.2, 0.25) is 0 Å². The largest absolute Gasteiger partial charge is 0.462 e. The minimum absolute atomic E-state index is 0.00955. The Balaban J connectivity index is 1.95. The molecule has 5 heteroatoms. The Kier molecular flexibility index (Phi) is 3.60. The average molecular weight is 251 g/mol. The van der Waals surface area contributed by atoms with E-state index in [4.69, 9.17) is 4.74 Å². The smallest absolute Gasteiger partial charge is 0.338 e. The highest BCUT2D eigenvalue weighted by Gasteiger charge is 2.23. The predicted octanol–water partition coefficient (Wildman–Crippen LogP) is 1.43. The zero-order valence-electron chi connectivity index (χ0n) is 10.0. The number of carbonyl (C=O) groups is 2. The van der Waals surface area contributed by atoms with Crippen molar-refractivity contribution in [1.29, 1.82) is 0 Å². The summed E-state index contributed by atoms with van der Waals surface area (Å²) in [6.45, 7) is 2.42. The zero-order chi connectivity index (χ0) is 13.1. The van der Waals surface area contributed by atoms with Gasteiger partial charge in [0.25, 0.3) is 0 Å². The van der Waals surface area contributed by atoms with E-state index in [0.717, 1.165) is 6.07 Å². The minimum atomic E-state index is -0.550. The molecule has 0 aliphatic carbocycles. The first-order chi connectivity index (χ1) is 8.56. The van der Waals surface area contributed by atoms with Gasteiger partial charge in [0.2, 0.25) is 5.91 Å². The van der Waals surface area contributed by atoms with Gasteiger partial charge in [-0.3, -0.25) is 4.79 Å². The Labute approximate surface area is 104 Å². The van der Waals surface area contributed by atoms with Crippen molar-refractivity contribution in [2.75, 3.05) is 13.2 Å². The van der Waals surface area contributed by atoms with Crippen molar-refractivity contribution in [3.05, 3.63) is 35.1 Å². The fourth-order valence-corrected chi connectivity index (χ4v) is 1.87. The molecule has 1 atom stereocenters. The number of carbonyl (C=O) groups excluding carboxylic acids is 2. The van der Waals surface area contributed by atoms with Gasteiger partial charge in [0, 0.05) is 18.9 Å². The lowest BCUT2D eigenvalue weighted by molar-refractivity contribution is -0.119. The summed E-state index contributed by atoms with van der Waals surface area (Å²) >= 11 is 0. The van der Waals surface area contributed by atoms with Gasteiger partial charge in [-0.25, -0.2) is 9.18 Å². The molecule has 0 aromatic heterocycles. The topological polar surface area (TPSA) is 55.4 Å². The summed E-state index contributed by atoms with van der Waals surface area (Å²) in [5, 5.41) is 2.66. The molecule has 0 unspecified atom stereocenters. The Morgan fingerprint density at radius 2 is 2.33 bits per heavy atom. The Bertz CT molecular complexity index is 487. The van der Waals surface area contributed by atoms with Crippen LogP contribution in [-0.4, -0.2) is 25.0 Å². The number of hydrogen-bond acceptors (Lipinski definition) is 3. The molecular formula is C13H14FNO3. The van der Waals surface area contributed by atoms with E-state index < -0.39 is 11.8 Å². The molecule has 1 heterocycles. The molecule has 18 heavy (non-hydrogen) atoms. The van der Waals surface area contributed by atoms with Gasteiger partial charge >= 0.3 is 5.97 Å². The van der Waals surface area contributed by atoms with Gasteiger partial charge in [-0.1, -0.05) is 6.07 Å². The van der Waals surface area contributed by atoms with Gasteiger partial charge in [0.1, 0.15) is 5.82 Å². The van der Waals surface area contributed by atoms with Crippen LogP contribution in [0, 0.1) is 18.7 Å². The van der Waals surface area contributed by atoms with Crippen molar-refractivity contribution in [3.63, 3.8) is 0 Å². The van der Waals surface area contributed by atoms with Gasteiger partial charge in [-0.15, -0.1) is 0 Å². The number of rotatable bonds is 3. The lowest BCUT2D eigenvalue weighted by Gasteiger charge is -2.10. The molecule has 2 rings (SSSR count). The van der Waals surface area contributed by atoms with Crippen molar-refractivity contribution in [3.8, 4) is 0 Å². The van der Waals surface area contributed by atoms with E-state index in [-0.39, 0.29) is 24.0 Å². The summed E-state index contributed by atoms with van der Waals surface area (Å²) in [4.78, 5) is 22.7. The third kappa shape index (κ3) is 2.85. The van der Waals surface area contributed by atoms with Crippen molar-refractivity contribution in [2.24, 2.45) is 5.92 Å². The summed E-state index contributed by atoms with van der Waals surface area (Å²) in [5.41, 5.74) is 0.898. The van der Waals surface area contributed by atoms with Gasteiger partial charge in [0.15, 0.2) is 0 Å². The van der Waals surface area contributed by atoms with Gasteiger partial charge in [0.05, 0.1) is 12.2 Å². The van der Waals surface area contributed by atoms with Crippen LogP contribution in [0.4, 0.5) is 4.39 Å². The lowest BCUT2D eigenvalue weighted by atomic mass is 10.1. The Morgan fingerprint density at radius 1 is 1.56 bits per heavy atom. The summed E-state index contributed by atoms with van der Waals surface area (Å²) in [6.07, 6.45) is 0.370. The molecule has 1 fully saturated rings. The molecule has 0 bridgehead atoms. The second kappa shape index (κ2) is 5.16. The maximum Gasteiger partial charge on any atom is 0.338 e. The Hall–Kier alpha value is -1.91. The fraction of sp³-hybridized carbons (Fsp3) is 0.385. The molecule has 0 spiro atoms. The molecule has 1 amide bonds. The molecule has 1 N–H and O–H groups in total. The molecule has 1 aromatic rings. The van der Waals surface area contributed by atoms with E-state index in [2.05, 4.69) is 5.32 Å². The van der Waals surface area contributed by atoms with Gasteiger partial charge < -0.3 is 10.1 Å². The van der Waals surface area contributed by atoms with E-state index in [1.165, 1.54) is 12.1 Å². The van der Waals surface area contributed by atoms with Crippen molar-refractivity contribution in [1.82, 2.24) is 5.32 Å². The molecule has 96 valence electrons. The maximum atomic E-state index is 13.0. The van der Waals surface area contributed by atoms with Crippen molar-refractivity contribution < 1.29 is 18.7 Å². The quantitative estimate of drug-likeness (QED) is 0.827. The fourth-order valence-electron chi connectivity index (χ4n) is 1.87. The van der Waals surface area contributed by atoms with Crippen molar-refractivity contribution in [2.45, 2.75) is 13.3 Å². The molecule has 1 saturated heterocycles. The number of hydrogen-bond donors (Lipinski definition) is 1. The average Bonchev–Trinajstić information content (AvgIpc) is 2.75. The summed E-state index contributed by atoms with van der Waals surface area (Å²) < 4.78 is 18.1. The van der Waals surface area contributed by atoms with Crippen LogP contribution in [0.1, 0.15) is 22.3 Å². The normalized spacial score (nSPS) is 18.6. The van der Waals surface area contributed by atoms with Crippen LogP contribution in [0.5, 0.6) is 0 Å². The number of nitrogens with one attached hydrogen (secondary N) is 1. The SMILES string of the molecule is Cc1ccc(F)cc1C(=O)OC[C@@H]1CNC(=O)C1. The summed E-state index contributed by atoms with van der Waals surface area (Å²) in [6, 6.07) is 3.99. The first-order valence-corrected chi connectivity index (χ1v) is 5.76. The van der Waals surface area contributed by atoms with Gasteiger partial charge in [-0.2, -0.15) is 0 Å². The highest BCUT2D eigenvalue weighted by Crippen LogP contribution is 2.14. The number of halogens is 1.